The summed E-state index contributed by atoms with van der Waals surface area (Å²) < 4.78 is 9.78. The van der Waals surface area contributed by atoms with Gasteiger partial charge in [0.2, 0.25) is 0 Å². The lowest BCUT2D eigenvalue weighted by molar-refractivity contribution is -0.142. The van der Waals surface area contributed by atoms with Crippen LogP contribution in [0.3, 0.4) is 0 Å². The second kappa shape index (κ2) is 5.52. The Morgan fingerprint density at radius 1 is 1.50 bits per heavy atom. The Labute approximate surface area is 113 Å². The Balaban J connectivity index is 2.13. The Bertz CT molecular complexity index is 484. The molecule has 4 nitrogen and oxygen atoms in total. The van der Waals surface area contributed by atoms with Gasteiger partial charge < -0.3 is 9.47 Å². The van der Waals surface area contributed by atoms with E-state index in [1.165, 1.54) is 7.11 Å². The summed E-state index contributed by atoms with van der Waals surface area (Å²) in [5.74, 6) is 0.264. The fourth-order valence-electron chi connectivity index (χ4n) is 1.89. The summed E-state index contributed by atoms with van der Waals surface area (Å²) in [5.41, 5.74) is 1.70. The first-order valence-electron chi connectivity index (χ1n) is 5.62. The van der Waals surface area contributed by atoms with Gasteiger partial charge in [-0.3, -0.25) is 4.79 Å². The molecule has 0 saturated heterocycles. The van der Waals surface area contributed by atoms with Gasteiger partial charge in [-0.15, -0.1) is 0 Å². The molecule has 0 bridgehead atoms. The van der Waals surface area contributed by atoms with Crippen LogP contribution in [0.15, 0.2) is 18.2 Å². The summed E-state index contributed by atoms with van der Waals surface area (Å²) in [4.78, 5) is 22.7. The number of carbonyl (C=O) groups excluding carboxylic acids is 2. The lowest BCUT2D eigenvalue weighted by Crippen LogP contribution is -2.22. The number of fused-ring (bicyclic) bond motifs is 1. The van der Waals surface area contributed by atoms with Crippen molar-refractivity contribution in [3.05, 3.63) is 29.3 Å². The van der Waals surface area contributed by atoms with Crippen LogP contribution >= 0.6 is 15.9 Å². The van der Waals surface area contributed by atoms with Gasteiger partial charge in [0.1, 0.15) is 5.75 Å². The van der Waals surface area contributed by atoms with E-state index in [9.17, 15) is 9.59 Å². The van der Waals surface area contributed by atoms with Gasteiger partial charge in [0, 0.05) is 5.56 Å². The van der Waals surface area contributed by atoms with Crippen LogP contribution in [0, 0.1) is 0 Å². The topological polar surface area (TPSA) is 52.6 Å². The number of ketones is 1. The number of aryl methyl sites for hydroxylation is 1. The van der Waals surface area contributed by atoms with Crippen LogP contribution in [-0.4, -0.2) is 30.3 Å². The molecule has 1 atom stereocenters. The summed E-state index contributed by atoms with van der Waals surface area (Å²) in [5, 5.41) is 0. The van der Waals surface area contributed by atoms with Crippen LogP contribution < -0.4 is 4.74 Å². The maximum atomic E-state index is 11.9. The van der Waals surface area contributed by atoms with Crippen LogP contribution in [0.2, 0.25) is 0 Å². The molecule has 2 rings (SSSR count). The van der Waals surface area contributed by atoms with Crippen molar-refractivity contribution in [3.63, 3.8) is 0 Å². The molecular weight excluding hydrogens is 300 g/mol. The highest BCUT2D eigenvalue weighted by molar-refractivity contribution is 9.10. The Morgan fingerprint density at radius 3 is 3.00 bits per heavy atom. The summed E-state index contributed by atoms with van der Waals surface area (Å²) in [7, 11) is 1.31. The summed E-state index contributed by atoms with van der Waals surface area (Å²) >= 11 is 3.36. The molecule has 0 spiro atoms. The van der Waals surface area contributed by atoms with Crippen molar-refractivity contribution in [1.82, 2.24) is 0 Å². The van der Waals surface area contributed by atoms with Crippen LogP contribution in [0.4, 0.5) is 0 Å². The molecule has 1 aromatic rings. The Kier molecular flexibility index (Phi) is 4.01. The second-order valence-corrected chi connectivity index (χ2v) is 5.16. The number of ether oxygens (including phenoxy) is 2. The van der Waals surface area contributed by atoms with Gasteiger partial charge in [0.15, 0.2) is 12.4 Å². The number of Topliss-reactive ketones (excluding diaryl/α,β-unsaturated/α-hetero) is 1. The minimum absolute atomic E-state index is 0.0909. The zero-order valence-corrected chi connectivity index (χ0v) is 11.5. The first-order chi connectivity index (χ1) is 8.61. The van der Waals surface area contributed by atoms with E-state index in [1.807, 2.05) is 6.07 Å². The van der Waals surface area contributed by atoms with Gasteiger partial charge in [-0.05, 0) is 36.6 Å². The minimum Gasteiger partial charge on any atom is -0.482 e. The molecule has 0 aromatic heterocycles. The van der Waals surface area contributed by atoms with E-state index in [-0.39, 0.29) is 17.2 Å². The Morgan fingerprint density at radius 2 is 2.28 bits per heavy atom. The number of carbonyl (C=O) groups is 2. The standard InChI is InChI=1S/C13H13BrO4/c1-17-12(15)7-18-9-3-4-10-8(6-9)2-5-11(14)13(10)16/h3-4,6,11H,2,5,7H2,1H3. The van der Waals surface area contributed by atoms with E-state index in [0.29, 0.717) is 5.75 Å². The van der Waals surface area contributed by atoms with Gasteiger partial charge in [-0.25, -0.2) is 4.79 Å². The Hall–Kier alpha value is -1.36. The summed E-state index contributed by atoms with van der Waals surface area (Å²) in [6.45, 7) is -0.121. The predicted molar refractivity (Wildman–Crippen MR) is 69.3 cm³/mol. The quantitative estimate of drug-likeness (QED) is 0.634. The number of benzene rings is 1. The van der Waals surface area contributed by atoms with Crippen LogP contribution in [0.5, 0.6) is 5.75 Å². The first kappa shape index (κ1) is 13.1. The molecule has 1 aromatic carbocycles. The molecule has 0 amide bonds. The number of hydrogen-bond donors (Lipinski definition) is 0. The van der Waals surface area contributed by atoms with Gasteiger partial charge >= 0.3 is 5.97 Å². The highest BCUT2D eigenvalue weighted by Gasteiger charge is 2.25. The van der Waals surface area contributed by atoms with Gasteiger partial charge in [0.05, 0.1) is 11.9 Å². The third-order valence-electron chi connectivity index (χ3n) is 2.88. The van der Waals surface area contributed by atoms with Crippen molar-refractivity contribution < 1.29 is 19.1 Å². The van der Waals surface area contributed by atoms with Crippen molar-refractivity contribution in [2.45, 2.75) is 17.7 Å². The maximum Gasteiger partial charge on any atom is 0.343 e. The molecule has 1 aliphatic rings. The average Bonchev–Trinajstić information content (AvgIpc) is 2.40. The van der Waals surface area contributed by atoms with Crippen LogP contribution in [0.25, 0.3) is 0 Å². The van der Waals surface area contributed by atoms with E-state index < -0.39 is 5.97 Å². The largest absolute Gasteiger partial charge is 0.482 e. The monoisotopic (exact) mass is 312 g/mol. The molecule has 18 heavy (non-hydrogen) atoms. The second-order valence-electron chi connectivity index (χ2n) is 4.05. The third-order valence-corrected chi connectivity index (χ3v) is 3.75. The number of rotatable bonds is 3. The number of methoxy groups -OCH3 is 1. The zero-order valence-electron chi connectivity index (χ0n) is 9.94. The number of hydrogen-bond acceptors (Lipinski definition) is 4. The molecule has 0 fully saturated rings. The molecule has 0 heterocycles. The number of alkyl halides is 1. The van der Waals surface area contributed by atoms with Crippen LogP contribution in [-0.2, 0) is 16.0 Å². The lowest BCUT2D eigenvalue weighted by Gasteiger charge is -2.19. The summed E-state index contributed by atoms with van der Waals surface area (Å²) in [6, 6.07) is 5.26. The minimum atomic E-state index is -0.427. The lowest BCUT2D eigenvalue weighted by atomic mass is 9.90. The number of esters is 1. The molecule has 1 unspecified atom stereocenters. The molecule has 0 radical (unpaired) electrons. The smallest absolute Gasteiger partial charge is 0.343 e. The van der Waals surface area contributed by atoms with E-state index in [4.69, 9.17) is 4.74 Å². The predicted octanol–water partition coefficient (Wildman–Crippen LogP) is 2.13. The molecule has 0 saturated carbocycles. The fourth-order valence-corrected chi connectivity index (χ4v) is 2.37. The van der Waals surface area contributed by atoms with Crippen molar-refractivity contribution in [2.24, 2.45) is 0 Å². The van der Waals surface area contributed by atoms with Crippen molar-refractivity contribution in [3.8, 4) is 5.75 Å². The van der Waals surface area contributed by atoms with Gasteiger partial charge in [-0.2, -0.15) is 0 Å². The maximum absolute atomic E-state index is 11.9. The third kappa shape index (κ3) is 2.72. The van der Waals surface area contributed by atoms with E-state index in [0.717, 1.165) is 24.0 Å². The van der Waals surface area contributed by atoms with Crippen molar-refractivity contribution in [1.29, 1.82) is 0 Å². The molecule has 0 N–H and O–H groups in total. The normalized spacial score (nSPS) is 18.1. The van der Waals surface area contributed by atoms with Crippen molar-refractivity contribution in [2.75, 3.05) is 13.7 Å². The zero-order chi connectivity index (χ0) is 13.1. The molecule has 5 heteroatoms. The average molecular weight is 313 g/mol. The molecular formula is C13H13BrO4. The van der Waals surface area contributed by atoms with Crippen LogP contribution in [0.1, 0.15) is 22.3 Å². The SMILES string of the molecule is COC(=O)COc1ccc2c(c1)CCC(Br)C2=O. The first-order valence-corrected chi connectivity index (χ1v) is 6.54. The molecule has 0 aliphatic heterocycles. The van der Waals surface area contributed by atoms with E-state index in [2.05, 4.69) is 20.7 Å². The number of halogens is 1. The van der Waals surface area contributed by atoms with E-state index in [1.54, 1.807) is 12.1 Å². The van der Waals surface area contributed by atoms with Gasteiger partial charge in [-0.1, -0.05) is 15.9 Å². The fraction of sp³-hybridized carbons (Fsp3) is 0.385. The molecule has 96 valence electrons. The summed E-state index contributed by atoms with van der Waals surface area (Å²) in [6.07, 6.45) is 1.61. The van der Waals surface area contributed by atoms with E-state index >= 15 is 0 Å². The highest BCUT2D eigenvalue weighted by atomic mass is 79.9. The van der Waals surface area contributed by atoms with Gasteiger partial charge in [0.25, 0.3) is 0 Å². The molecule has 1 aliphatic carbocycles. The highest BCUT2D eigenvalue weighted by Crippen LogP contribution is 2.28. The van der Waals surface area contributed by atoms with Crippen molar-refractivity contribution >= 4 is 27.7 Å².